The Morgan fingerprint density at radius 3 is 2.81 bits per heavy atom. The number of rotatable bonds is 6. The van der Waals surface area contributed by atoms with Crippen molar-refractivity contribution in [3.63, 3.8) is 0 Å². The zero-order valence-corrected chi connectivity index (χ0v) is 16.5. The summed E-state index contributed by atoms with van der Waals surface area (Å²) in [6.45, 7) is 4.33. The molecule has 0 bridgehead atoms. The summed E-state index contributed by atoms with van der Waals surface area (Å²) in [7, 11) is 0. The molecule has 1 aliphatic heterocycles. The van der Waals surface area contributed by atoms with E-state index in [1.54, 1.807) is 24.4 Å². The smallest absolute Gasteiger partial charge is 0.308 e. The highest BCUT2D eigenvalue weighted by Gasteiger charge is 2.25. The number of carbonyl (C=O) groups is 1. The molecule has 2 N–H and O–H groups in total. The first-order chi connectivity index (χ1) is 13.1. The SMILES string of the molecule is CSCC(C)N1CCC(n2nccc2NC(=O)Nc2cccc(F)c2)CC1. The van der Waals surface area contributed by atoms with Crippen molar-refractivity contribution in [1.29, 1.82) is 0 Å². The van der Waals surface area contributed by atoms with Crippen LogP contribution in [0.25, 0.3) is 0 Å². The van der Waals surface area contributed by atoms with Crippen LogP contribution in [0.4, 0.5) is 20.7 Å². The molecule has 1 aromatic heterocycles. The van der Waals surface area contributed by atoms with Crippen LogP contribution in [0.1, 0.15) is 25.8 Å². The van der Waals surface area contributed by atoms with Gasteiger partial charge in [-0.15, -0.1) is 0 Å². The largest absolute Gasteiger partial charge is 0.324 e. The molecule has 1 aromatic carbocycles. The third-order valence-corrected chi connectivity index (χ3v) is 5.69. The van der Waals surface area contributed by atoms with Gasteiger partial charge in [0.15, 0.2) is 0 Å². The number of anilines is 2. The highest BCUT2D eigenvalue weighted by Crippen LogP contribution is 2.27. The quantitative estimate of drug-likeness (QED) is 0.780. The van der Waals surface area contributed by atoms with Crippen molar-refractivity contribution >= 4 is 29.3 Å². The number of urea groups is 1. The number of nitrogens with one attached hydrogen (secondary N) is 2. The first kappa shape index (κ1) is 19.7. The number of thioether (sulfide) groups is 1. The van der Waals surface area contributed by atoms with Gasteiger partial charge in [-0.05, 0) is 44.2 Å². The highest BCUT2D eigenvalue weighted by molar-refractivity contribution is 7.98. The summed E-state index contributed by atoms with van der Waals surface area (Å²) < 4.78 is 15.1. The zero-order valence-electron chi connectivity index (χ0n) is 15.7. The number of carbonyl (C=O) groups excluding carboxylic acids is 1. The van der Waals surface area contributed by atoms with Crippen LogP contribution < -0.4 is 10.6 Å². The van der Waals surface area contributed by atoms with Gasteiger partial charge in [-0.3, -0.25) is 10.2 Å². The average Bonchev–Trinajstić information content (AvgIpc) is 3.10. The summed E-state index contributed by atoms with van der Waals surface area (Å²) in [5.74, 6) is 1.40. The number of likely N-dealkylation sites (tertiary alicyclic amines) is 1. The molecule has 0 radical (unpaired) electrons. The number of amides is 2. The fourth-order valence-electron chi connectivity index (χ4n) is 3.47. The first-order valence-corrected chi connectivity index (χ1v) is 10.6. The molecule has 1 fully saturated rings. The molecule has 0 aliphatic carbocycles. The zero-order chi connectivity index (χ0) is 19.2. The predicted octanol–water partition coefficient (Wildman–Crippen LogP) is 4.05. The molecule has 2 heterocycles. The summed E-state index contributed by atoms with van der Waals surface area (Å²) in [6.07, 6.45) is 5.83. The molecule has 2 amide bonds. The lowest BCUT2D eigenvalue weighted by Crippen LogP contribution is -2.41. The number of aromatic nitrogens is 2. The van der Waals surface area contributed by atoms with E-state index in [0.29, 0.717) is 17.5 Å². The lowest BCUT2D eigenvalue weighted by molar-refractivity contribution is 0.150. The minimum atomic E-state index is -0.409. The molecule has 3 rings (SSSR count). The second-order valence-electron chi connectivity index (χ2n) is 6.82. The number of hydrogen-bond acceptors (Lipinski definition) is 4. The number of benzene rings is 1. The average molecular weight is 392 g/mol. The minimum Gasteiger partial charge on any atom is -0.308 e. The Morgan fingerprint density at radius 2 is 2.11 bits per heavy atom. The van der Waals surface area contributed by atoms with Crippen LogP contribution in [-0.2, 0) is 0 Å². The maximum atomic E-state index is 13.2. The van der Waals surface area contributed by atoms with Crippen molar-refractivity contribution in [1.82, 2.24) is 14.7 Å². The Kier molecular flexibility index (Phi) is 6.73. The molecular weight excluding hydrogens is 365 g/mol. The van der Waals surface area contributed by atoms with Gasteiger partial charge in [0.05, 0.1) is 12.2 Å². The number of halogens is 1. The van der Waals surface area contributed by atoms with Crippen molar-refractivity contribution < 1.29 is 9.18 Å². The van der Waals surface area contributed by atoms with Gasteiger partial charge in [0.2, 0.25) is 0 Å². The molecule has 1 saturated heterocycles. The van der Waals surface area contributed by atoms with E-state index < -0.39 is 6.03 Å². The van der Waals surface area contributed by atoms with Crippen molar-refractivity contribution in [3.05, 3.63) is 42.3 Å². The second-order valence-corrected chi connectivity index (χ2v) is 7.73. The van der Waals surface area contributed by atoms with E-state index in [1.807, 2.05) is 16.4 Å². The van der Waals surface area contributed by atoms with Gasteiger partial charge in [0, 0.05) is 36.6 Å². The van der Waals surface area contributed by atoms with Gasteiger partial charge in [0.25, 0.3) is 0 Å². The predicted molar refractivity (Wildman–Crippen MR) is 109 cm³/mol. The van der Waals surface area contributed by atoms with Crippen LogP contribution in [0.15, 0.2) is 36.5 Å². The monoisotopic (exact) mass is 391 g/mol. The van der Waals surface area contributed by atoms with E-state index in [1.165, 1.54) is 12.1 Å². The highest BCUT2D eigenvalue weighted by atomic mass is 32.2. The van der Waals surface area contributed by atoms with Crippen molar-refractivity contribution in [3.8, 4) is 0 Å². The lowest BCUT2D eigenvalue weighted by atomic mass is 10.0. The minimum absolute atomic E-state index is 0.266. The Morgan fingerprint density at radius 1 is 1.33 bits per heavy atom. The Balaban J connectivity index is 1.57. The maximum absolute atomic E-state index is 13.2. The summed E-state index contributed by atoms with van der Waals surface area (Å²) in [6, 6.07) is 8.04. The molecular formula is C19H26FN5OS. The van der Waals surface area contributed by atoms with Crippen molar-refractivity contribution in [2.45, 2.75) is 31.8 Å². The Hall–Kier alpha value is -2.06. The molecule has 8 heteroatoms. The van der Waals surface area contributed by atoms with E-state index >= 15 is 0 Å². The van der Waals surface area contributed by atoms with Gasteiger partial charge in [-0.2, -0.15) is 16.9 Å². The molecule has 1 unspecified atom stereocenters. The van der Waals surface area contributed by atoms with Gasteiger partial charge >= 0.3 is 6.03 Å². The van der Waals surface area contributed by atoms with Crippen LogP contribution in [0.5, 0.6) is 0 Å². The van der Waals surface area contributed by atoms with Gasteiger partial charge in [0.1, 0.15) is 11.6 Å². The standard InChI is InChI=1S/C19H26FN5OS/c1-14(13-27-2)24-10-7-17(8-11-24)25-18(6-9-21-25)23-19(26)22-16-5-3-4-15(20)12-16/h3-6,9,12,14,17H,7-8,10-11,13H2,1-2H3,(H2,22,23,26). The van der Waals surface area contributed by atoms with Crippen molar-refractivity contribution in [2.24, 2.45) is 0 Å². The summed E-state index contributed by atoms with van der Waals surface area (Å²) >= 11 is 1.88. The normalized spacial score (nSPS) is 16.9. The number of nitrogens with zero attached hydrogens (tertiary/aromatic N) is 3. The molecule has 146 valence electrons. The molecule has 1 atom stereocenters. The summed E-state index contributed by atoms with van der Waals surface area (Å²) in [5, 5.41) is 9.88. The topological polar surface area (TPSA) is 62.2 Å². The second kappa shape index (κ2) is 9.23. The van der Waals surface area contributed by atoms with Crippen LogP contribution in [0, 0.1) is 5.82 Å². The molecule has 0 spiro atoms. The van der Waals surface area contributed by atoms with Gasteiger partial charge < -0.3 is 5.32 Å². The third-order valence-electron chi connectivity index (χ3n) is 4.87. The molecule has 27 heavy (non-hydrogen) atoms. The van der Waals surface area contributed by atoms with Crippen LogP contribution in [0.3, 0.4) is 0 Å². The van der Waals surface area contributed by atoms with Gasteiger partial charge in [-0.25, -0.2) is 13.9 Å². The first-order valence-electron chi connectivity index (χ1n) is 9.17. The van der Waals surface area contributed by atoms with Crippen LogP contribution >= 0.6 is 11.8 Å². The Bertz CT molecular complexity index is 760. The lowest BCUT2D eigenvalue weighted by Gasteiger charge is -2.36. The van der Waals surface area contributed by atoms with E-state index in [0.717, 1.165) is 31.7 Å². The van der Waals surface area contributed by atoms with E-state index in [2.05, 4.69) is 33.8 Å². The van der Waals surface area contributed by atoms with Crippen LogP contribution in [0.2, 0.25) is 0 Å². The molecule has 6 nitrogen and oxygen atoms in total. The fourth-order valence-corrected chi connectivity index (χ4v) is 4.16. The molecule has 2 aromatic rings. The number of hydrogen-bond donors (Lipinski definition) is 2. The maximum Gasteiger partial charge on any atom is 0.324 e. The van der Waals surface area contributed by atoms with E-state index in [4.69, 9.17) is 0 Å². The molecule has 0 saturated carbocycles. The van der Waals surface area contributed by atoms with E-state index in [9.17, 15) is 9.18 Å². The van der Waals surface area contributed by atoms with Crippen LogP contribution in [-0.4, -0.2) is 51.9 Å². The molecule has 1 aliphatic rings. The van der Waals surface area contributed by atoms with Crippen molar-refractivity contribution in [2.75, 3.05) is 35.7 Å². The summed E-state index contributed by atoms with van der Waals surface area (Å²) in [4.78, 5) is 14.8. The third kappa shape index (κ3) is 5.23. The Labute approximate surface area is 163 Å². The summed E-state index contributed by atoms with van der Waals surface area (Å²) in [5.41, 5.74) is 0.412. The van der Waals surface area contributed by atoms with Gasteiger partial charge in [-0.1, -0.05) is 6.07 Å². The number of piperidine rings is 1. The van der Waals surface area contributed by atoms with E-state index in [-0.39, 0.29) is 11.9 Å². The fraction of sp³-hybridized carbons (Fsp3) is 0.474.